The lowest BCUT2D eigenvalue weighted by Gasteiger charge is -2.39. The Morgan fingerprint density at radius 1 is 0.833 bits per heavy atom. The zero-order chi connectivity index (χ0) is 13.2. The standard InChI is InChI=1S/C15H18ClPSi/c1-18(2,16)15(17,13-9-5-3-6-10-13)14-11-7-4-8-12-14/h3-12H,17H2,1-2H3. The van der Waals surface area contributed by atoms with Crippen LogP contribution in [0.4, 0.5) is 0 Å². The van der Waals surface area contributed by atoms with Crippen LogP contribution < -0.4 is 0 Å². The highest BCUT2D eigenvalue weighted by Gasteiger charge is 2.44. The lowest BCUT2D eigenvalue weighted by molar-refractivity contribution is 1.01. The van der Waals surface area contributed by atoms with Crippen molar-refractivity contribution in [2.24, 2.45) is 0 Å². The molecular formula is C15H18ClPSi. The average molecular weight is 293 g/mol. The Hall–Kier alpha value is -0.623. The van der Waals surface area contributed by atoms with Crippen molar-refractivity contribution in [3.05, 3.63) is 71.8 Å². The van der Waals surface area contributed by atoms with Gasteiger partial charge < -0.3 is 0 Å². The third-order valence-corrected chi connectivity index (χ3v) is 10.1. The summed E-state index contributed by atoms with van der Waals surface area (Å²) in [7, 11) is 1.06. The first-order valence-electron chi connectivity index (χ1n) is 6.05. The molecule has 0 N–H and O–H groups in total. The van der Waals surface area contributed by atoms with Crippen molar-refractivity contribution in [2.45, 2.75) is 17.9 Å². The van der Waals surface area contributed by atoms with E-state index in [0.717, 1.165) is 0 Å². The highest BCUT2D eigenvalue weighted by atomic mass is 35.6. The Morgan fingerprint density at radius 3 is 1.44 bits per heavy atom. The van der Waals surface area contributed by atoms with Crippen molar-refractivity contribution in [2.75, 3.05) is 0 Å². The summed E-state index contributed by atoms with van der Waals surface area (Å²) in [5, 5.41) is 0. The van der Waals surface area contributed by atoms with Gasteiger partial charge in [-0.15, -0.1) is 9.24 Å². The Labute approximate surface area is 117 Å². The van der Waals surface area contributed by atoms with Gasteiger partial charge in [-0.05, 0) is 11.1 Å². The summed E-state index contributed by atoms with van der Waals surface area (Å²) in [5.74, 6) is 0. The zero-order valence-corrected chi connectivity index (χ0v) is 13.6. The number of benzene rings is 2. The maximum Gasteiger partial charge on any atom is 0.168 e. The fourth-order valence-electron chi connectivity index (χ4n) is 2.26. The molecule has 0 aromatic heterocycles. The molecule has 2 aromatic carbocycles. The second-order valence-corrected chi connectivity index (χ2v) is 13.0. The van der Waals surface area contributed by atoms with Crippen LogP contribution in [0.15, 0.2) is 60.7 Å². The van der Waals surface area contributed by atoms with E-state index in [1.54, 1.807) is 0 Å². The second kappa shape index (κ2) is 5.17. The van der Waals surface area contributed by atoms with Gasteiger partial charge in [0.2, 0.25) is 0 Å². The van der Waals surface area contributed by atoms with Gasteiger partial charge in [0.05, 0.1) is 0 Å². The highest BCUT2D eigenvalue weighted by molar-refractivity contribution is 7.36. The smallest absolute Gasteiger partial charge is 0.166 e. The molecule has 0 nitrogen and oxygen atoms in total. The summed E-state index contributed by atoms with van der Waals surface area (Å²) >= 11 is 6.83. The monoisotopic (exact) mass is 292 g/mol. The van der Waals surface area contributed by atoms with Gasteiger partial charge in [0.15, 0.2) is 7.38 Å². The van der Waals surface area contributed by atoms with E-state index in [1.165, 1.54) is 11.1 Å². The van der Waals surface area contributed by atoms with Crippen molar-refractivity contribution in [3.63, 3.8) is 0 Å². The van der Waals surface area contributed by atoms with Gasteiger partial charge in [0, 0.05) is 4.78 Å². The number of hydrogen-bond donors (Lipinski definition) is 0. The maximum absolute atomic E-state index is 6.83. The third-order valence-electron chi connectivity index (χ3n) is 3.40. The van der Waals surface area contributed by atoms with E-state index in [0.29, 0.717) is 0 Å². The van der Waals surface area contributed by atoms with Crippen LogP contribution in [0.2, 0.25) is 13.1 Å². The molecule has 0 fully saturated rings. The van der Waals surface area contributed by atoms with E-state index in [1.807, 2.05) is 12.1 Å². The molecule has 0 amide bonds. The lowest BCUT2D eigenvalue weighted by atomic mass is 10.0. The van der Waals surface area contributed by atoms with Crippen molar-refractivity contribution in [1.82, 2.24) is 0 Å². The summed E-state index contributed by atoms with van der Waals surface area (Å²) in [6.45, 7) is 4.39. The van der Waals surface area contributed by atoms with Crippen LogP contribution in [0.3, 0.4) is 0 Å². The van der Waals surface area contributed by atoms with Gasteiger partial charge in [-0.3, -0.25) is 0 Å². The normalized spacial score (nSPS) is 12.4. The van der Waals surface area contributed by atoms with E-state index in [4.69, 9.17) is 11.1 Å². The first-order valence-corrected chi connectivity index (χ1v) is 10.6. The molecule has 18 heavy (non-hydrogen) atoms. The molecule has 2 aromatic rings. The molecule has 0 spiro atoms. The predicted molar refractivity (Wildman–Crippen MR) is 86.7 cm³/mol. The fraction of sp³-hybridized carbons (Fsp3) is 0.200. The molecule has 0 saturated heterocycles. The van der Waals surface area contributed by atoms with Crippen molar-refractivity contribution in [1.29, 1.82) is 0 Å². The summed E-state index contributed by atoms with van der Waals surface area (Å²) < 4.78 is -0.156. The van der Waals surface area contributed by atoms with Gasteiger partial charge >= 0.3 is 0 Å². The fourth-order valence-corrected chi connectivity index (χ4v) is 5.00. The largest absolute Gasteiger partial charge is 0.168 e. The Kier molecular flexibility index (Phi) is 3.96. The molecular weight excluding hydrogens is 275 g/mol. The molecule has 0 radical (unpaired) electrons. The van der Waals surface area contributed by atoms with Crippen LogP contribution in [0.1, 0.15) is 11.1 Å². The van der Waals surface area contributed by atoms with Crippen LogP contribution in [-0.4, -0.2) is 7.38 Å². The Morgan fingerprint density at radius 2 is 1.17 bits per heavy atom. The number of hydrogen-bond acceptors (Lipinski definition) is 0. The molecule has 0 aliphatic heterocycles. The van der Waals surface area contributed by atoms with Gasteiger partial charge in [-0.1, -0.05) is 73.8 Å². The number of halogens is 1. The van der Waals surface area contributed by atoms with Crippen molar-refractivity contribution >= 4 is 27.7 Å². The van der Waals surface area contributed by atoms with Crippen molar-refractivity contribution in [3.8, 4) is 0 Å². The van der Waals surface area contributed by atoms with Gasteiger partial charge in [0.1, 0.15) is 0 Å². The molecule has 1 atom stereocenters. The van der Waals surface area contributed by atoms with Crippen LogP contribution >= 0.6 is 20.3 Å². The topological polar surface area (TPSA) is 0 Å². The molecule has 1 unspecified atom stereocenters. The molecule has 0 saturated carbocycles. The summed E-state index contributed by atoms with van der Waals surface area (Å²) in [6.07, 6.45) is 0. The minimum absolute atomic E-state index is 0.156. The summed E-state index contributed by atoms with van der Waals surface area (Å²) in [5.41, 5.74) is 2.54. The average Bonchev–Trinajstić information content (AvgIpc) is 2.38. The molecule has 0 aliphatic rings. The minimum atomic E-state index is -1.96. The maximum atomic E-state index is 6.83. The van der Waals surface area contributed by atoms with E-state index in [9.17, 15) is 0 Å². The van der Waals surface area contributed by atoms with Crippen LogP contribution in [0, 0.1) is 0 Å². The molecule has 94 valence electrons. The van der Waals surface area contributed by atoms with E-state index >= 15 is 0 Å². The molecule has 0 bridgehead atoms. The van der Waals surface area contributed by atoms with Crippen LogP contribution in [0.5, 0.6) is 0 Å². The van der Waals surface area contributed by atoms with Gasteiger partial charge in [0.25, 0.3) is 0 Å². The highest BCUT2D eigenvalue weighted by Crippen LogP contribution is 2.47. The quantitative estimate of drug-likeness (QED) is 0.433. The zero-order valence-electron chi connectivity index (χ0n) is 10.7. The molecule has 0 heterocycles. The van der Waals surface area contributed by atoms with Gasteiger partial charge in [-0.25, -0.2) is 0 Å². The SMILES string of the molecule is C[Si](C)(Cl)C(P)(c1ccccc1)c1ccccc1. The first-order chi connectivity index (χ1) is 8.46. The van der Waals surface area contributed by atoms with E-state index < -0.39 is 7.38 Å². The molecule has 2 rings (SSSR count). The van der Waals surface area contributed by atoms with E-state index in [-0.39, 0.29) is 4.78 Å². The second-order valence-electron chi connectivity index (χ2n) is 5.01. The predicted octanol–water partition coefficient (Wildman–Crippen LogP) is 4.79. The van der Waals surface area contributed by atoms with Crippen LogP contribution in [0.25, 0.3) is 0 Å². The lowest BCUT2D eigenvalue weighted by Crippen LogP contribution is -2.43. The molecule has 3 heteroatoms. The van der Waals surface area contributed by atoms with Crippen LogP contribution in [-0.2, 0) is 4.78 Å². The molecule has 0 aliphatic carbocycles. The van der Waals surface area contributed by atoms with E-state index in [2.05, 4.69) is 70.9 Å². The summed E-state index contributed by atoms with van der Waals surface area (Å²) in [4.78, 5) is 0. The first kappa shape index (κ1) is 13.8. The third kappa shape index (κ3) is 2.40. The van der Waals surface area contributed by atoms with Gasteiger partial charge in [-0.2, -0.15) is 11.1 Å². The Balaban J connectivity index is 2.63. The Bertz CT molecular complexity index is 466. The minimum Gasteiger partial charge on any atom is -0.166 e. The summed E-state index contributed by atoms with van der Waals surface area (Å²) in [6, 6.07) is 21.1. The number of rotatable bonds is 3. The van der Waals surface area contributed by atoms with Crippen molar-refractivity contribution < 1.29 is 0 Å².